The molecular formula is C22H22N2O5. The number of methoxy groups -OCH3 is 1. The molecule has 2 aliphatic rings. The minimum Gasteiger partial charge on any atom is -0.496 e. The van der Waals surface area contributed by atoms with Gasteiger partial charge in [0.2, 0.25) is 11.6 Å². The summed E-state index contributed by atoms with van der Waals surface area (Å²) >= 11 is 0. The predicted octanol–water partition coefficient (Wildman–Crippen LogP) is 2.74. The Morgan fingerprint density at radius 2 is 1.83 bits per heavy atom. The van der Waals surface area contributed by atoms with Crippen LogP contribution in [0, 0.1) is 0 Å². The molecule has 1 atom stereocenters. The monoisotopic (exact) mass is 394 g/mol. The Balaban J connectivity index is 1.72. The van der Waals surface area contributed by atoms with Gasteiger partial charge in [0.05, 0.1) is 18.4 Å². The minimum absolute atomic E-state index is 0.0139. The molecule has 1 fully saturated rings. The van der Waals surface area contributed by atoms with E-state index in [-0.39, 0.29) is 37.8 Å². The van der Waals surface area contributed by atoms with Crippen LogP contribution in [-0.4, -0.2) is 42.0 Å². The second-order valence-electron chi connectivity index (χ2n) is 7.00. The highest BCUT2D eigenvalue weighted by atomic mass is 16.5. The normalized spacial score (nSPS) is 20.3. The Kier molecular flexibility index (Phi) is 4.74. The first-order valence-electron chi connectivity index (χ1n) is 9.57. The van der Waals surface area contributed by atoms with Crippen molar-refractivity contribution in [2.45, 2.75) is 32.0 Å². The number of para-hydroxylation sites is 2. The molecule has 0 bridgehead atoms. The van der Waals surface area contributed by atoms with E-state index in [1.54, 1.807) is 50.4 Å². The molecule has 2 aromatic carbocycles. The Bertz CT molecular complexity index is 989. The van der Waals surface area contributed by atoms with Crippen LogP contribution in [0.3, 0.4) is 0 Å². The van der Waals surface area contributed by atoms with E-state index >= 15 is 0 Å². The molecular weight excluding hydrogens is 372 g/mol. The number of fused-ring (bicyclic) bond motifs is 3. The van der Waals surface area contributed by atoms with Crippen LogP contribution in [0.4, 0.5) is 5.69 Å². The van der Waals surface area contributed by atoms with E-state index in [1.807, 2.05) is 12.1 Å². The first-order chi connectivity index (χ1) is 14.0. The average Bonchev–Trinajstić information content (AvgIpc) is 3.11. The van der Waals surface area contributed by atoms with Crippen LogP contribution in [0.2, 0.25) is 0 Å². The lowest BCUT2D eigenvalue weighted by molar-refractivity contribution is -0.158. The zero-order valence-corrected chi connectivity index (χ0v) is 16.4. The van der Waals surface area contributed by atoms with Crippen LogP contribution in [0.1, 0.15) is 35.7 Å². The number of ether oxygens (including phenoxy) is 2. The van der Waals surface area contributed by atoms with Gasteiger partial charge >= 0.3 is 5.97 Å². The van der Waals surface area contributed by atoms with Gasteiger partial charge in [-0.1, -0.05) is 30.3 Å². The molecule has 2 aromatic rings. The highest BCUT2D eigenvalue weighted by molar-refractivity contribution is 6.15. The Morgan fingerprint density at radius 3 is 2.59 bits per heavy atom. The first kappa shape index (κ1) is 19.0. The average molecular weight is 394 g/mol. The quantitative estimate of drug-likeness (QED) is 0.729. The van der Waals surface area contributed by atoms with Crippen molar-refractivity contribution < 1.29 is 23.9 Å². The summed E-state index contributed by atoms with van der Waals surface area (Å²) in [6, 6.07) is 14.1. The third-order valence-electron chi connectivity index (χ3n) is 5.57. The molecule has 2 heterocycles. The summed E-state index contributed by atoms with van der Waals surface area (Å²) < 4.78 is 11.0. The van der Waals surface area contributed by atoms with E-state index in [4.69, 9.17) is 9.47 Å². The van der Waals surface area contributed by atoms with E-state index in [1.165, 1.54) is 9.80 Å². The highest BCUT2D eigenvalue weighted by Gasteiger charge is 2.61. The molecule has 4 rings (SSSR count). The number of nitrogens with zero attached hydrogens (tertiary/aromatic N) is 2. The maximum Gasteiger partial charge on any atom is 0.354 e. The van der Waals surface area contributed by atoms with Crippen LogP contribution < -0.4 is 9.64 Å². The molecule has 0 unspecified atom stereocenters. The summed E-state index contributed by atoms with van der Waals surface area (Å²) in [4.78, 5) is 42.2. The molecule has 0 aromatic heterocycles. The van der Waals surface area contributed by atoms with Crippen molar-refractivity contribution in [1.29, 1.82) is 0 Å². The summed E-state index contributed by atoms with van der Waals surface area (Å²) in [5.41, 5.74) is 0.122. The van der Waals surface area contributed by atoms with Gasteiger partial charge in [0.1, 0.15) is 12.4 Å². The molecule has 150 valence electrons. The Morgan fingerprint density at radius 1 is 1.10 bits per heavy atom. The van der Waals surface area contributed by atoms with Crippen molar-refractivity contribution in [3.8, 4) is 5.75 Å². The lowest BCUT2D eigenvalue weighted by Crippen LogP contribution is -2.68. The number of rotatable bonds is 5. The maximum absolute atomic E-state index is 13.4. The van der Waals surface area contributed by atoms with Crippen molar-refractivity contribution in [2.75, 3.05) is 18.6 Å². The molecule has 0 aliphatic carbocycles. The molecule has 7 heteroatoms. The molecule has 1 saturated heterocycles. The van der Waals surface area contributed by atoms with Crippen LogP contribution in [0.5, 0.6) is 5.75 Å². The van der Waals surface area contributed by atoms with Gasteiger partial charge in [-0.3, -0.25) is 14.5 Å². The van der Waals surface area contributed by atoms with Crippen LogP contribution in [0.15, 0.2) is 48.5 Å². The van der Waals surface area contributed by atoms with Gasteiger partial charge < -0.3 is 14.4 Å². The zero-order valence-electron chi connectivity index (χ0n) is 16.4. The number of carbonyl (C=O) groups excluding carboxylic acids is 3. The number of hydrogen-bond acceptors (Lipinski definition) is 5. The molecule has 0 N–H and O–H groups in total. The summed E-state index contributed by atoms with van der Waals surface area (Å²) in [7, 11) is 1.55. The summed E-state index contributed by atoms with van der Waals surface area (Å²) in [5, 5.41) is 0. The van der Waals surface area contributed by atoms with Gasteiger partial charge in [-0.15, -0.1) is 0 Å². The number of likely N-dealkylation sites (N-methyl/N-ethyl adjacent to an activating group) is 1. The molecule has 29 heavy (non-hydrogen) atoms. The second-order valence-corrected chi connectivity index (χ2v) is 7.00. The van der Waals surface area contributed by atoms with Crippen LogP contribution in [0.25, 0.3) is 0 Å². The largest absolute Gasteiger partial charge is 0.496 e. The Hall–Kier alpha value is -3.35. The SMILES string of the molecule is CCN1C(=O)c2ccccc2N2C(=O)CC[C@]12C(=O)OCc1ccccc1OC. The van der Waals surface area contributed by atoms with Gasteiger partial charge in [0.25, 0.3) is 5.91 Å². The van der Waals surface area contributed by atoms with Crippen molar-refractivity contribution in [3.05, 3.63) is 59.7 Å². The topological polar surface area (TPSA) is 76.2 Å². The van der Waals surface area contributed by atoms with Gasteiger partial charge in [-0.2, -0.15) is 0 Å². The number of carbonyl (C=O) groups is 3. The molecule has 2 aliphatic heterocycles. The molecule has 0 saturated carbocycles. The third kappa shape index (κ3) is 2.76. The number of anilines is 1. The van der Waals surface area contributed by atoms with Crippen molar-refractivity contribution in [2.24, 2.45) is 0 Å². The van der Waals surface area contributed by atoms with E-state index in [0.29, 0.717) is 22.6 Å². The van der Waals surface area contributed by atoms with Crippen molar-refractivity contribution in [1.82, 2.24) is 4.90 Å². The second kappa shape index (κ2) is 7.24. The number of amides is 2. The van der Waals surface area contributed by atoms with Gasteiger partial charge in [-0.05, 0) is 25.1 Å². The summed E-state index contributed by atoms with van der Waals surface area (Å²) in [5.74, 6) is -0.477. The van der Waals surface area contributed by atoms with Gasteiger partial charge in [-0.25, -0.2) is 4.79 Å². The zero-order chi connectivity index (χ0) is 20.6. The third-order valence-corrected chi connectivity index (χ3v) is 5.57. The number of esters is 1. The van der Waals surface area contributed by atoms with E-state index in [9.17, 15) is 14.4 Å². The fourth-order valence-corrected chi connectivity index (χ4v) is 4.25. The lowest BCUT2D eigenvalue weighted by atomic mass is 9.96. The molecule has 7 nitrogen and oxygen atoms in total. The number of benzene rings is 2. The van der Waals surface area contributed by atoms with E-state index in [2.05, 4.69) is 0 Å². The molecule has 0 radical (unpaired) electrons. The maximum atomic E-state index is 13.4. The number of hydrogen-bond donors (Lipinski definition) is 0. The fourth-order valence-electron chi connectivity index (χ4n) is 4.25. The predicted molar refractivity (Wildman–Crippen MR) is 105 cm³/mol. The Labute approximate surface area is 168 Å². The highest BCUT2D eigenvalue weighted by Crippen LogP contribution is 2.45. The van der Waals surface area contributed by atoms with Crippen molar-refractivity contribution in [3.63, 3.8) is 0 Å². The molecule has 0 spiro atoms. The standard InChI is InChI=1S/C22H22N2O5/c1-3-23-20(26)16-9-5-6-10-17(16)24-19(25)12-13-22(23,24)21(27)29-14-15-8-4-7-11-18(15)28-2/h4-11H,3,12-14H2,1-2H3/t22-/m0/s1. The molecule has 2 amide bonds. The summed E-state index contributed by atoms with van der Waals surface area (Å²) in [6.07, 6.45) is 0.367. The lowest BCUT2D eigenvalue weighted by Gasteiger charge is -2.48. The van der Waals surface area contributed by atoms with Crippen molar-refractivity contribution >= 4 is 23.5 Å². The van der Waals surface area contributed by atoms with Gasteiger partial charge in [0, 0.05) is 24.9 Å². The summed E-state index contributed by atoms with van der Waals surface area (Å²) in [6.45, 7) is 2.06. The minimum atomic E-state index is -1.46. The van der Waals surface area contributed by atoms with E-state index in [0.717, 1.165) is 0 Å². The van der Waals surface area contributed by atoms with E-state index < -0.39 is 11.6 Å². The first-order valence-corrected chi connectivity index (χ1v) is 9.57. The van der Waals surface area contributed by atoms with Gasteiger partial charge in [0.15, 0.2) is 0 Å². The van der Waals surface area contributed by atoms with Crippen LogP contribution >= 0.6 is 0 Å². The van der Waals surface area contributed by atoms with Crippen LogP contribution in [-0.2, 0) is 20.9 Å². The smallest absolute Gasteiger partial charge is 0.354 e. The fraction of sp³-hybridized carbons (Fsp3) is 0.318.